The molecule has 3 rings (SSSR count). The van der Waals surface area contributed by atoms with E-state index in [4.69, 9.17) is 5.11 Å². The van der Waals surface area contributed by atoms with Gasteiger partial charge in [-0.1, -0.05) is 12.1 Å². The van der Waals surface area contributed by atoms with Gasteiger partial charge in [0, 0.05) is 0 Å². The highest BCUT2D eigenvalue weighted by molar-refractivity contribution is 6.52. The molecule has 0 atom stereocenters. The number of fused-ring (bicyclic) bond motifs is 1. The number of anilines is 1. The molecular weight excluding hydrogens is 289 g/mol. The fraction of sp³-hybridized carbons (Fsp3) is 0.0625. The van der Waals surface area contributed by atoms with Gasteiger partial charge in [-0.25, -0.2) is 9.18 Å². The number of carboxylic acids is 1. The van der Waals surface area contributed by atoms with Crippen molar-refractivity contribution in [1.82, 2.24) is 0 Å². The van der Waals surface area contributed by atoms with E-state index in [1.54, 1.807) is 12.1 Å². The molecule has 1 aliphatic heterocycles. The molecule has 0 unspecified atom stereocenters. The zero-order valence-corrected chi connectivity index (χ0v) is 11.2. The van der Waals surface area contributed by atoms with E-state index in [0.29, 0.717) is 5.56 Å². The quantitative estimate of drug-likeness (QED) is 0.882. The first-order valence-corrected chi connectivity index (χ1v) is 6.45. The second kappa shape index (κ2) is 5.07. The lowest BCUT2D eigenvalue weighted by atomic mass is 10.1. The minimum Gasteiger partial charge on any atom is -0.478 e. The van der Waals surface area contributed by atoms with Crippen LogP contribution in [-0.4, -0.2) is 22.8 Å². The fourth-order valence-electron chi connectivity index (χ4n) is 2.41. The highest BCUT2D eigenvalue weighted by atomic mass is 19.1. The summed E-state index contributed by atoms with van der Waals surface area (Å²) >= 11 is 0. The van der Waals surface area contributed by atoms with Crippen LogP contribution in [0.25, 0.3) is 0 Å². The molecule has 2 aromatic carbocycles. The van der Waals surface area contributed by atoms with Crippen LogP contribution in [0.1, 0.15) is 26.3 Å². The molecule has 1 heterocycles. The number of benzene rings is 2. The Morgan fingerprint density at radius 1 is 1.14 bits per heavy atom. The van der Waals surface area contributed by atoms with Gasteiger partial charge in [0.05, 0.1) is 23.4 Å². The average Bonchev–Trinajstić information content (AvgIpc) is 2.72. The topological polar surface area (TPSA) is 74.7 Å². The Hall–Kier alpha value is -3.02. The summed E-state index contributed by atoms with van der Waals surface area (Å²) in [6.45, 7) is 0.00213. The number of hydrogen-bond acceptors (Lipinski definition) is 3. The van der Waals surface area contributed by atoms with Gasteiger partial charge in [0.25, 0.3) is 11.7 Å². The second-order valence-corrected chi connectivity index (χ2v) is 4.89. The largest absolute Gasteiger partial charge is 0.478 e. The van der Waals surface area contributed by atoms with Gasteiger partial charge < -0.3 is 10.0 Å². The maximum absolute atomic E-state index is 13.4. The Balaban J connectivity index is 1.98. The summed E-state index contributed by atoms with van der Waals surface area (Å²) in [6.07, 6.45) is 0. The van der Waals surface area contributed by atoms with E-state index < -0.39 is 23.5 Å². The third kappa shape index (κ3) is 2.24. The number of Topliss-reactive ketones (excluding diaryl/α,β-unsaturated/α-hetero) is 1. The van der Waals surface area contributed by atoms with Crippen LogP contribution in [0.3, 0.4) is 0 Å². The summed E-state index contributed by atoms with van der Waals surface area (Å²) in [6, 6.07) is 9.55. The first-order valence-electron chi connectivity index (χ1n) is 6.45. The standard InChI is InChI=1S/C16H10FNO4/c17-11-4-5-12-13(7-11)18(15(20)14(12)19)8-9-2-1-3-10(6-9)16(21)22/h1-7H,8H2,(H,21,22). The van der Waals surface area contributed by atoms with Crippen LogP contribution in [-0.2, 0) is 11.3 Å². The SMILES string of the molecule is O=C(O)c1cccc(CN2C(=O)C(=O)c3ccc(F)cc32)c1. The van der Waals surface area contributed by atoms with Gasteiger partial charge in [-0.15, -0.1) is 0 Å². The Labute approximate surface area is 124 Å². The van der Waals surface area contributed by atoms with E-state index in [2.05, 4.69) is 0 Å². The Bertz CT molecular complexity index is 816. The summed E-state index contributed by atoms with van der Waals surface area (Å²) in [7, 11) is 0. The maximum atomic E-state index is 13.4. The number of carbonyl (C=O) groups is 3. The third-order valence-corrected chi connectivity index (χ3v) is 3.45. The number of hydrogen-bond donors (Lipinski definition) is 1. The number of rotatable bonds is 3. The molecule has 0 saturated carbocycles. The van der Waals surface area contributed by atoms with Crippen LogP contribution >= 0.6 is 0 Å². The first kappa shape index (κ1) is 13.9. The molecular formula is C16H10FNO4. The lowest BCUT2D eigenvalue weighted by Crippen LogP contribution is -2.29. The van der Waals surface area contributed by atoms with Crippen LogP contribution in [0.5, 0.6) is 0 Å². The van der Waals surface area contributed by atoms with Gasteiger partial charge in [-0.05, 0) is 35.9 Å². The highest BCUT2D eigenvalue weighted by Crippen LogP contribution is 2.31. The summed E-state index contributed by atoms with van der Waals surface area (Å²) < 4.78 is 13.4. The number of amides is 1. The van der Waals surface area contributed by atoms with Crippen molar-refractivity contribution < 1.29 is 23.9 Å². The summed E-state index contributed by atoms with van der Waals surface area (Å²) in [4.78, 5) is 36.0. The molecule has 0 radical (unpaired) electrons. The number of aromatic carboxylic acids is 1. The third-order valence-electron chi connectivity index (χ3n) is 3.45. The van der Waals surface area contributed by atoms with E-state index in [0.717, 1.165) is 17.0 Å². The van der Waals surface area contributed by atoms with E-state index in [-0.39, 0.29) is 23.4 Å². The van der Waals surface area contributed by atoms with Gasteiger partial charge in [0.2, 0.25) is 0 Å². The van der Waals surface area contributed by atoms with Crippen molar-refractivity contribution in [2.45, 2.75) is 6.54 Å². The molecule has 0 saturated heterocycles. The van der Waals surface area contributed by atoms with E-state index in [1.807, 2.05) is 0 Å². The number of ketones is 1. The average molecular weight is 299 g/mol. The fourth-order valence-corrected chi connectivity index (χ4v) is 2.41. The van der Waals surface area contributed by atoms with Crippen molar-refractivity contribution in [3.63, 3.8) is 0 Å². The van der Waals surface area contributed by atoms with Crippen LogP contribution in [0.2, 0.25) is 0 Å². The minimum absolute atomic E-state index is 0.00213. The molecule has 0 aromatic heterocycles. The normalized spacial score (nSPS) is 13.4. The molecule has 5 nitrogen and oxygen atoms in total. The van der Waals surface area contributed by atoms with Crippen LogP contribution in [0, 0.1) is 5.82 Å². The summed E-state index contributed by atoms with van der Waals surface area (Å²) in [5.74, 6) is -3.08. The van der Waals surface area contributed by atoms with Crippen molar-refractivity contribution in [3.8, 4) is 0 Å². The molecule has 0 aliphatic carbocycles. The molecule has 2 aromatic rings. The molecule has 0 bridgehead atoms. The zero-order valence-electron chi connectivity index (χ0n) is 11.2. The predicted octanol–water partition coefficient (Wildman–Crippen LogP) is 2.25. The van der Waals surface area contributed by atoms with Crippen molar-refractivity contribution in [2.75, 3.05) is 4.90 Å². The maximum Gasteiger partial charge on any atom is 0.335 e. The molecule has 0 fully saturated rings. The van der Waals surface area contributed by atoms with Crippen molar-refractivity contribution >= 4 is 23.3 Å². The number of nitrogens with zero attached hydrogens (tertiary/aromatic N) is 1. The number of halogens is 1. The van der Waals surface area contributed by atoms with Gasteiger partial charge in [0.1, 0.15) is 5.82 Å². The molecule has 0 spiro atoms. The summed E-state index contributed by atoms with van der Waals surface area (Å²) in [5.41, 5.74) is 0.976. The zero-order chi connectivity index (χ0) is 15.9. The molecule has 22 heavy (non-hydrogen) atoms. The highest BCUT2D eigenvalue weighted by Gasteiger charge is 2.36. The molecule has 1 amide bonds. The smallest absolute Gasteiger partial charge is 0.335 e. The van der Waals surface area contributed by atoms with Gasteiger partial charge in [-0.3, -0.25) is 9.59 Å². The van der Waals surface area contributed by atoms with Crippen LogP contribution < -0.4 is 4.90 Å². The second-order valence-electron chi connectivity index (χ2n) is 4.89. The first-order chi connectivity index (χ1) is 10.5. The van der Waals surface area contributed by atoms with Crippen molar-refractivity contribution in [3.05, 3.63) is 65.0 Å². The molecule has 1 N–H and O–H groups in total. The van der Waals surface area contributed by atoms with Crippen molar-refractivity contribution in [1.29, 1.82) is 0 Å². The van der Waals surface area contributed by atoms with Gasteiger partial charge >= 0.3 is 5.97 Å². The Morgan fingerprint density at radius 3 is 2.64 bits per heavy atom. The van der Waals surface area contributed by atoms with Crippen LogP contribution in [0.15, 0.2) is 42.5 Å². The Kier molecular flexibility index (Phi) is 3.21. The molecule has 6 heteroatoms. The molecule has 1 aliphatic rings. The van der Waals surface area contributed by atoms with Gasteiger partial charge in [-0.2, -0.15) is 0 Å². The van der Waals surface area contributed by atoms with Crippen LogP contribution in [0.4, 0.5) is 10.1 Å². The number of carboxylic acid groups (broad SMARTS) is 1. The Morgan fingerprint density at radius 2 is 1.91 bits per heavy atom. The van der Waals surface area contributed by atoms with Gasteiger partial charge in [0.15, 0.2) is 0 Å². The lowest BCUT2D eigenvalue weighted by molar-refractivity contribution is -0.114. The monoisotopic (exact) mass is 299 g/mol. The predicted molar refractivity (Wildman–Crippen MR) is 75.3 cm³/mol. The molecule has 110 valence electrons. The lowest BCUT2D eigenvalue weighted by Gasteiger charge is -2.16. The van der Waals surface area contributed by atoms with E-state index >= 15 is 0 Å². The summed E-state index contributed by atoms with van der Waals surface area (Å²) in [5, 5.41) is 8.97. The minimum atomic E-state index is -1.09. The van der Waals surface area contributed by atoms with Crippen molar-refractivity contribution in [2.24, 2.45) is 0 Å². The number of carbonyl (C=O) groups excluding carboxylic acids is 2. The van der Waals surface area contributed by atoms with E-state index in [1.165, 1.54) is 18.2 Å². The van der Waals surface area contributed by atoms with E-state index in [9.17, 15) is 18.8 Å².